The molecule has 21 heavy (non-hydrogen) atoms. The number of nitrogens with zero attached hydrogens (tertiary/aromatic N) is 2. The number of carbonyl (C=O) groups is 2. The van der Waals surface area contributed by atoms with Gasteiger partial charge in [0.1, 0.15) is 0 Å². The Morgan fingerprint density at radius 2 is 2.00 bits per heavy atom. The molecule has 7 heteroatoms. The van der Waals surface area contributed by atoms with Crippen LogP contribution in [-0.2, 0) is 9.53 Å². The molecule has 0 aromatic carbocycles. The van der Waals surface area contributed by atoms with Gasteiger partial charge in [-0.25, -0.2) is 4.79 Å². The fraction of sp³-hybridized carbons (Fsp3) is 0.857. The molecule has 0 aromatic heterocycles. The second-order valence-corrected chi connectivity index (χ2v) is 5.72. The Kier molecular flexibility index (Phi) is 5.81. The summed E-state index contributed by atoms with van der Waals surface area (Å²) < 4.78 is 5.40. The van der Waals surface area contributed by atoms with Crippen LogP contribution in [0.5, 0.6) is 0 Å². The normalized spacial score (nSPS) is 26.8. The molecule has 0 bridgehead atoms. The molecule has 0 aromatic rings. The predicted octanol–water partition coefficient (Wildman–Crippen LogP) is -0.386. The van der Waals surface area contributed by atoms with Gasteiger partial charge in [-0.15, -0.1) is 0 Å². The summed E-state index contributed by atoms with van der Waals surface area (Å²) in [6.45, 7) is 7.55. The summed E-state index contributed by atoms with van der Waals surface area (Å²) >= 11 is 0. The van der Waals surface area contributed by atoms with Gasteiger partial charge >= 0.3 is 6.03 Å². The summed E-state index contributed by atoms with van der Waals surface area (Å²) in [5.74, 6) is 0.620. The molecular formula is C14H26N4O3. The average Bonchev–Trinajstić information content (AvgIpc) is 2.92. The highest BCUT2D eigenvalue weighted by molar-refractivity contribution is 5.78. The van der Waals surface area contributed by atoms with E-state index < -0.39 is 6.03 Å². The summed E-state index contributed by atoms with van der Waals surface area (Å²) in [6, 6.07) is -0.145. The van der Waals surface area contributed by atoms with Crippen LogP contribution in [0.2, 0.25) is 0 Å². The number of amides is 3. The number of primary amides is 1. The van der Waals surface area contributed by atoms with Crippen LogP contribution in [0, 0.1) is 5.92 Å². The Balaban J connectivity index is 1.85. The number of hydrogen-bond acceptors (Lipinski definition) is 4. The molecule has 0 radical (unpaired) electrons. The highest BCUT2D eigenvalue weighted by Gasteiger charge is 2.37. The van der Waals surface area contributed by atoms with Gasteiger partial charge in [0, 0.05) is 45.2 Å². The molecule has 2 aliphatic heterocycles. The molecule has 7 nitrogen and oxygen atoms in total. The molecule has 2 heterocycles. The second kappa shape index (κ2) is 7.61. The first kappa shape index (κ1) is 16.0. The lowest BCUT2D eigenvalue weighted by Crippen LogP contribution is -2.47. The van der Waals surface area contributed by atoms with Crippen molar-refractivity contribution in [2.45, 2.75) is 25.8 Å². The number of carbonyl (C=O) groups excluding carboxylic acids is 2. The zero-order valence-corrected chi connectivity index (χ0v) is 12.7. The van der Waals surface area contributed by atoms with Gasteiger partial charge in [-0.1, -0.05) is 13.3 Å². The van der Waals surface area contributed by atoms with Gasteiger partial charge in [0.2, 0.25) is 5.91 Å². The van der Waals surface area contributed by atoms with Gasteiger partial charge < -0.3 is 20.7 Å². The van der Waals surface area contributed by atoms with Gasteiger partial charge in [-0.3, -0.25) is 9.69 Å². The lowest BCUT2D eigenvalue weighted by Gasteiger charge is -2.34. The van der Waals surface area contributed by atoms with Crippen LogP contribution in [0.4, 0.5) is 4.79 Å². The highest BCUT2D eigenvalue weighted by atomic mass is 16.5. The Morgan fingerprint density at radius 3 is 2.62 bits per heavy atom. The van der Waals surface area contributed by atoms with Crippen molar-refractivity contribution < 1.29 is 14.3 Å². The number of urea groups is 1. The zero-order valence-electron chi connectivity index (χ0n) is 12.7. The van der Waals surface area contributed by atoms with Crippen molar-refractivity contribution in [3.8, 4) is 0 Å². The minimum absolute atomic E-state index is 0.0953. The van der Waals surface area contributed by atoms with E-state index in [-0.39, 0.29) is 5.91 Å². The van der Waals surface area contributed by atoms with Crippen LogP contribution in [-0.4, -0.2) is 73.7 Å². The smallest absolute Gasteiger partial charge is 0.312 e. The lowest BCUT2D eigenvalue weighted by atomic mass is 9.99. The van der Waals surface area contributed by atoms with E-state index in [0.717, 1.165) is 45.8 Å². The summed E-state index contributed by atoms with van der Waals surface area (Å²) in [4.78, 5) is 27.2. The van der Waals surface area contributed by atoms with Gasteiger partial charge in [0.25, 0.3) is 0 Å². The maximum Gasteiger partial charge on any atom is 0.312 e. The van der Waals surface area contributed by atoms with Crippen LogP contribution in [0.25, 0.3) is 0 Å². The molecule has 0 aliphatic carbocycles. The van der Waals surface area contributed by atoms with Crippen molar-refractivity contribution in [3.63, 3.8) is 0 Å². The highest BCUT2D eigenvalue weighted by Crippen LogP contribution is 2.25. The van der Waals surface area contributed by atoms with Crippen LogP contribution in [0.15, 0.2) is 0 Å². The average molecular weight is 298 g/mol. The molecule has 0 unspecified atom stereocenters. The van der Waals surface area contributed by atoms with Crippen molar-refractivity contribution in [2.24, 2.45) is 11.7 Å². The number of morpholine rings is 1. The van der Waals surface area contributed by atoms with Crippen LogP contribution >= 0.6 is 0 Å². The number of likely N-dealkylation sites (tertiary alicyclic amines) is 1. The first-order valence-electron chi connectivity index (χ1n) is 7.74. The first-order valence-corrected chi connectivity index (χ1v) is 7.74. The third kappa shape index (κ3) is 4.31. The topological polar surface area (TPSA) is 87.9 Å². The van der Waals surface area contributed by atoms with E-state index in [4.69, 9.17) is 10.5 Å². The third-order valence-electron chi connectivity index (χ3n) is 4.44. The van der Waals surface area contributed by atoms with Crippen LogP contribution in [0.3, 0.4) is 0 Å². The van der Waals surface area contributed by atoms with E-state index in [1.807, 2.05) is 4.90 Å². The number of rotatable bonds is 5. The first-order chi connectivity index (χ1) is 10.1. The Morgan fingerprint density at radius 1 is 1.29 bits per heavy atom. The van der Waals surface area contributed by atoms with Crippen molar-refractivity contribution in [2.75, 3.05) is 45.9 Å². The van der Waals surface area contributed by atoms with Crippen molar-refractivity contribution in [3.05, 3.63) is 0 Å². The summed E-state index contributed by atoms with van der Waals surface area (Å²) in [5.41, 5.74) is 5.00. The fourth-order valence-electron chi connectivity index (χ4n) is 3.23. The molecule has 2 fully saturated rings. The zero-order chi connectivity index (χ0) is 15.2. The molecule has 2 atom stereocenters. The largest absolute Gasteiger partial charge is 0.379 e. The molecule has 2 saturated heterocycles. The molecule has 120 valence electrons. The number of ether oxygens (including phenoxy) is 1. The molecule has 3 amide bonds. The van der Waals surface area contributed by atoms with Gasteiger partial charge in [0.15, 0.2) is 0 Å². The van der Waals surface area contributed by atoms with Crippen molar-refractivity contribution in [1.29, 1.82) is 0 Å². The summed E-state index contributed by atoms with van der Waals surface area (Å²) in [6.07, 6.45) is 1.39. The predicted molar refractivity (Wildman–Crippen MR) is 78.7 cm³/mol. The number of nitrogens with two attached hydrogens (primary N) is 1. The Labute approximate surface area is 125 Å². The molecule has 0 spiro atoms. The lowest BCUT2D eigenvalue weighted by molar-refractivity contribution is -0.130. The number of nitrogens with one attached hydrogen (secondary N) is 1. The van der Waals surface area contributed by atoms with Crippen molar-refractivity contribution in [1.82, 2.24) is 15.1 Å². The van der Waals surface area contributed by atoms with Crippen LogP contribution in [0.1, 0.15) is 19.8 Å². The minimum Gasteiger partial charge on any atom is -0.379 e. The van der Waals surface area contributed by atoms with Gasteiger partial charge in [-0.2, -0.15) is 0 Å². The van der Waals surface area contributed by atoms with Crippen molar-refractivity contribution >= 4 is 11.9 Å². The molecule has 3 N–H and O–H groups in total. The third-order valence-corrected chi connectivity index (χ3v) is 4.44. The monoisotopic (exact) mass is 298 g/mol. The van der Waals surface area contributed by atoms with Crippen LogP contribution < -0.4 is 11.1 Å². The molecule has 0 saturated carbocycles. The van der Waals surface area contributed by atoms with E-state index in [1.54, 1.807) is 0 Å². The fourth-order valence-corrected chi connectivity index (χ4v) is 3.23. The second-order valence-electron chi connectivity index (χ2n) is 5.72. The maximum atomic E-state index is 12.2. The van der Waals surface area contributed by atoms with Gasteiger partial charge in [0.05, 0.1) is 13.2 Å². The molecule has 2 aliphatic rings. The summed E-state index contributed by atoms with van der Waals surface area (Å²) in [7, 11) is 0. The molecule has 2 rings (SSSR count). The maximum absolute atomic E-state index is 12.2. The standard InChI is InChI=1S/C14H26N4O3/c1-2-11-9-18(13(19)3-4-16-14(15)20)10-12(11)17-5-7-21-8-6-17/h11-12H,2-10H2,1H3,(H3,15,16,20)/t11-,12-/m0/s1. The number of hydrogen-bond donors (Lipinski definition) is 2. The van der Waals surface area contributed by atoms with E-state index in [1.165, 1.54) is 0 Å². The van der Waals surface area contributed by atoms with E-state index in [0.29, 0.717) is 24.9 Å². The Hall–Kier alpha value is -1.34. The Bertz CT molecular complexity index is 371. The van der Waals surface area contributed by atoms with E-state index >= 15 is 0 Å². The van der Waals surface area contributed by atoms with E-state index in [2.05, 4.69) is 17.1 Å². The molecular weight excluding hydrogens is 272 g/mol. The van der Waals surface area contributed by atoms with E-state index in [9.17, 15) is 9.59 Å². The minimum atomic E-state index is -0.582. The van der Waals surface area contributed by atoms with Gasteiger partial charge in [-0.05, 0) is 5.92 Å². The SMILES string of the molecule is CC[C@H]1CN(C(=O)CCNC(N)=O)C[C@@H]1N1CCOCC1. The quantitative estimate of drug-likeness (QED) is 0.724. The summed E-state index contributed by atoms with van der Waals surface area (Å²) in [5, 5.41) is 2.46.